The number of hydrogen-bond acceptors (Lipinski definition) is 6. The van der Waals surface area contributed by atoms with Crippen molar-refractivity contribution >= 4 is 16.5 Å². The number of unbranched alkanes of at least 4 members (excludes halogenated alkanes) is 2. The van der Waals surface area contributed by atoms with Crippen molar-refractivity contribution in [3.63, 3.8) is 0 Å². The third-order valence-corrected chi connectivity index (χ3v) is 5.08. The van der Waals surface area contributed by atoms with Gasteiger partial charge in [-0.1, -0.05) is 19.8 Å². The first kappa shape index (κ1) is 29.1. The minimum absolute atomic E-state index is 0.150. The number of H-pyrrole nitrogens is 1. The molecule has 0 fully saturated rings. The summed E-state index contributed by atoms with van der Waals surface area (Å²) in [6, 6.07) is 4.81. The van der Waals surface area contributed by atoms with Crippen molar-refractivity contribution in [2.24, 2.45) is 0 Å². The number of aromatic amines is 1. The minimum Gasteiger partial charge on any atom is -0.397 e. The molecule has 3 heterocycles. The molecule has 0 amide bonds. The first-order valence-electron chi connectivity index (χ1n) is 11.0. The van der Waals surface area contributed by atoms with Crippen molar-refractivity contribution in [1.82, 2.24) is 24.7 Å². The lowest BCUT2D eigenvalue weighted by molar-refractivity contribution is -0.138. The molecule has 0 bridgehead atoms. The number of halogens is 5. The van der Waals surface area contributed by atoms with Crippen molar-refractivity contribution in [2.75, 3.05) is 12.9 Å². The summed E-state index contributed by atoms with van der Waals surface area (Å²) < 4.78 is 61.5. The van der Waals surface area contributed by atoms with Gasteiger partial charge in [0.25, 0.3) is 11.1 Å². The fourth-order valence-electron chi connectivity index (χ4n) is 3.35. The zero-order valence-electron chi connectivity index (χ0n) is 20.0. The number of nitrogens with one attached hydrogen (secondary N) is 1. The molecule has 37 heavy (non-hydrogen) atoms. The van der Waals surface area contributed by atoms with Gasteiger partial charge < -0.3 is 10.3 Å². The summed E-state index contributed by atoms with van der Waals surface area (Å²) in [5.74, 6) is -0.457. The predicted molar refractivity (Wildman–Crippen MR) is 130 cm³/mol. The first-order chi connectivity index (χ1) is 17.6. The van der Waals surface area contributed by atoms with Gasteiger partial charge in [-0.05, 0) is 30.0 Å². The van der Waals surface area contributed by atoms with Crippen molar-refractivity contribution in [2.45, 2.75) is 38.9 Å². The van der Waals surface area contributed by atoms with E-state index in [9.17, 15) is 31.5 Å². The van der Waals surface area contributed by atoms with Gasteiger partial charge in [0.1, 0.15) is 11.4 Å². The molecule has 3 N–H and O–H groups in total. The Morgan fingerprint density at radius 2 is 1.81 bits per heavy atom. The van der Waals surface area contributed by atoms with Crippen LogP contribution in [-0.4, -0.2) is 31.9 Å². The Morgan fingerprint density at radius 3 is 2.38 bits per heavy atom. The van der Waals surface area contributed by atoms with E-state index in [0.717, 1.165) is 25.5 Å². The third kappa shape index (κ3) is 7.41. The van der Waals surface area contributed by atoms with Gasteiger partial charge in [0.15, 0.2) is 0 Å². The normalized spacial score (nSPS) is 10.8. The van der Waals surface area contributed by atoms with E-state index in [2.05, 4.69) is 22.0 Å². The van der Waals surface area contributed by atoms with Crippen molar-refractivity contribution in [3.05, 3.63) is 81.3 Å². The molecule has 0 radical (unpaired) electrons. The molecule has 0 aliphatic heterocycles. The molecule has 0 unspecified atom stereocenters. The van der Waals surface area contributed by atoms with Crippen LogP contribution in [0.5, 0.6) is 0 Å². The summed E-state index contributed by atoms with van der Waals surface area (Å²) in [7, 11) is 0.500. The zero-order valence-corrected chi connectivity index (χ0v) is 20.0. The summed E-state index contributed by atoms with van der Waals surface area (Å²) in [5, 5.41) is 5.85. The number of nitrogens with two attached hydrogens (primary N) is 1. The second-order valence-corrected chi connectivity index (χ2v) is 7.56. The van der Waals surface area contributed by atoms with E-state index in [1.807, 2.05) is 6.07 Å². The van der Waals surface area contributed by atoms with Gasteiger partial charge in [0, 0.05) is 30.7 Å². The molecular formula is C24H25F5N6O2. The number of aryl methyl sites for hydroxylation is 1. The second-order valence-electron chi connectivity index (χ2n) is 7.56. The van der Waals surface area contributed by atoms with E-state index in [-0.39, 0.29) is 5.56 Å². The molecule has 4 rings (SSSR count). The number of nitrogens with zero attached hydrogens (tertiary/aromatic N) is 4. The molecular weight excluding hydrogens is 499 g/mol. The van der Waals surface area contributed by atoms with E-state index in [1.165, 1.54) is 24.7 Å². The average Bonchev–Trinajstić information content (AvgIpc) is 2.87. The second kappa shape index (κ2) is 13.2. The Morgan fingerprint density at radius 1 is 1.08 bits per heavy atom. The Bertz CT molecular complexity index is 1420. The topological polar surface area (TPSA) is 120 Å². The highest BCUT2D eigenvalue weighted by molar-refractivity contribution is 5.86. The van der Waals surface area contributed by atoms with Crippen LogP contribution >= 0.6 is 0 Å². The van der Waals surface area contributed by atoms with Gasteiger partial charge in [-0.3, -0.25) is 23.9 Å². The molecule has 1 aromatic carbocycles. The number of anilines is 1. The monoisotopic (exact) mass is 524 g/mol. The third-order valence-electron chi connectivity index (χ3n) is 5.08. The maximum absolute atomic E-state index is 14.4. The molecule has 0 atom stereocenters. The van der Waals surface area contributed by atoms with Crippen LogP contribution in [0.4, 0.5) is 27.6 Å². The minimum atomic E-state index is -4.74. The lowest BCUT2D eigenvalue weighted by Gasteiger charge is -2.09. The standard InChI is InChI=1S/C18H18FN3O.C5H4F3N3O.CH3F/c1-2-3-4-8-22-9-5-13-10-15(17-12-20-6-7-21-17)16(19)11-14(13)18(22)23;6-5(7,8)3-2(9)1-10-11-4(3)12;1-2/h5-7,9-12H,2-4,8H2,1H3;1H,(H3,9,11,12);1H3. The highest BCUT2D eigenvalue weighted by Crippen LogP contribution is 2.29. The fourth-order valence-corrected chi connectivity index (χ4v) is 3.35. The molecule has 8 nitrogen and oxygen atoms in total. The van der Waals surface area contributed by atoms with Crippen LogP contribution in [0.1, 0.15) is 31.7 Å². The molecule has 4 aromatic rings. The van der Waals surface area contributed by atoms with E-state index in [1.54, 1.807) is 21.9 Å². The Balaban J connectivity index is 0.000000291. The average molecular weight is 524 g/mol. The summed E-state index contributed by atoms with van der Waals surface area (Å²) in [6.07, 6.45) is 5.47. The van der Waals surface area contributed by atoms with Crippen LogP contribution in [0.25, 0.3) is 22.0 Å². The first-order valence-corrected chi connectivity index (χ1v) is 11.0. The van der Waals surface area contributed by atoms with Crippen LogP contribution in [-0.2, 0) is 12.7 Å². The van der Waals surface area contributed by atoms with Crippen LogP contribution in [0, 0.1) is 5.82 Å². The van der Waals surface area contributed by atoms with Gasteiger partial charge in [0.2, 0.25) is 0 Å². The molecule has 3 aromatic heterocycles. The van der Waals surface area contributed by atoms with E-state index in [0.29, 0.717) is 35.8 Å². The van der Waals surface area contributed by atoms with Crippen molar-refractivity contribution < 1.29 is 22.0 Å². The lowest BCUT2D eigenvalue weighted by atomic mass is 10.1. The lowest BCUT2D eigenvalue weighted by Crippen LogP contribution is -2.24. The van der Waals surface area contributed by atoms with Gasteiger partial charge >= 0.3 is 6.18 Å². The number of hydrogen-bond donors (Lipinski definition) is 2. The largest absolute Gasteiger partial charge is 0.423 e. The van der Waals surface area contributed by atoms with Crippen LogP contribution in [0.15, 0.2) is 58.8 Å². The molecule has 13 heteroatoms. The van der Waals surface area contributed by atoms with E-state index < -0.39 is 28.8 Å². The number of aromatic nitrogens is 5. The molecule has 0 aliphatic carbocycles. The summed E-state index contributed by atoms with van der Waals surface area (Å²) >= 11 is 0. The van der Waals surface area contributed by atoms with Crippen LogP contribution in [0.2, 0.25) is 0 Å². The Hall–Kier alpha value is -4.16. The number of benzene rings is 1. The summed E-state index contributed by atoms with van der Waals surface area (Å²) in [5.41, 5.74) is 2.16. The summed E-state index contributed by atoms with van der Waals surface area (Å²) in [4.78, 5) is 31.1. The predicted octanol–water partition coefficient (Wildman–Crippen LogP) is 4.74. The van der Waals surface area contributed by atoms with Crippen LogP contribution < -0.4 is 16.9 Å². The quantitative estimate of drug-likeness (QED) is 0.287. The summed E-state index contributed by atoms with van der Waals surface area (Å²) in [6.45, 7) is 2.78. The smallest absolute Gasteiger partial charge is 0.397 e. The Kier molecular flexibility index (Phi) is 10.4. The van der Waals surface area contributed by atoms with Crippen molar-refractivity contribution in [3.8, 4) is 11.3 Å². The highest BCUT2D eigenvalue weighted by Gasteiger charge is 2.36. The number of rotatable bonds is 5. The van der Waals surface area contributed by atoms with Gasteiger partial charge in [-0.2, -0.15) is 18.3 Å². The van der Waals surface area contributed by atoms with Gasteiger partial charge in [0.05, 0.1) is 36.3 Å². The maximum Gasteiger partial charge on any atom is 0.423 e. The number of fused-ring (bicyclic) bond motifs is 1. The van der Waals surface area contributed by atoms with Gasteiger partial charge in [-0.15, -0.1) is 0 Å². The number of alkyl halides is 4. The number of nitrogen functional groups attached to an aromatic ring is 1. The molecule has 0 aliphatic rings. The zero-order chi connectivity index (χ0) is 27.6. The Labute approximate surface area is 208 Å². The fraction of sp³-hybridized carbons (Fsp3) is 0.292. The van der Waals surface area contributed by atoms with Crippen LogP contribution in [0.3, 0.4) is 0 Å². The van der Waals surface area contributed by atoms with E-state index in [4.69, 9.17) is 5.73 Å². The maximum atomic E-state index is 14.4. The molecule has 198 valence electrons. The van der Waals surface area contributed by atoms with Gasteiger partial charge in [-0.25, -0.2) is 9.49 Å². The van der Waals surface area contributed by atoms with E-state index >= 15 is 0 Å². The molecule has 0 spiro atoms. The molecule has 0 saturated heterocycles. The molecule has 0 saturated carbocycles. The highest BCUT2D eigenvalue weighted by atomic mass is 19.4. The van der Waals surface area contributed by atoms with Crippen molar-refractivity contribution in [1.29, 1.82) is 0 Å². The number of pyridine rings is 1. The SMILES string of the molecule is CCCCCn1ccc2cc(-c3cnccn3)c(F)cc2c1=O.CF.Nc1cn[nH]c(=O)c1C(F)(F)F.